The monoisotopic (exact) mass is 385 g/mol. The summed E-state index contributed by atoms with van der Waals surface area (Å²) < 4.78 is 2.30. The summed E-state index contributed by atoms with van der Waals surface area (Å²) in [6.45, 7) is 3.48. The summed E-state index contributed by atoms with van der Waals surface area (Å²) in [6, 6.07) is 6.32. The molecule has 0 aliphatic rings. The zero-order chi connectivity index (χ0) is 17.1. The van der Waals surface area contributed by atoms with Crippen LogP contribution >= 0.6 is 0 Å². The Balaban J connectivity index is 0. The molecule has 0 aromatic carbocycles. The second-order valence-corrected chi connectivity index (χ2v) is 7.42. The molecular weight excluding hydrogens is 342 g/mol. The standard InChI is InChI=1S/C23H42N.ClH.H2O/c1-2-3-4-5-6-7-8-9-10-11-12-13-14-15-16-18-21-24-22-19-17-20-23-24;;/h17,19-20,22-23H,2-16,18,21H2,1H3;1H;1H2/q+1;;/p-1. The summed E-state index contributed by atoms with van der Waals surface area (Å²) >= 11 is 0. The van der Waals surface area contributed by atoms with E-state index in [1.54, 1.807) is 0 Å². The molecule has 0 saturated carbocycles. The van der Waals surface area contributed by atoms with Gasteiger partial charge in [0.05, 0.1) is 0 Å². The van der Waals surface area contributed by atoms with Gasteiger partial charge in [0.1, 0.15) is 6.54 Å². The summed E-state index contributed by atoms with van der Waals surface area (Å²) in [7, 11) is 0. The maximum Gasteiger partial charge on any atom is 0.168 e. The average Bonchev–Trinajstić information content (AvgIpc) is 2.62. The summed E-state index contributed by atoms with van der Waals surface area (Å²) in [5.41, 5.74) is 0. The van der Waals surface area contributed by atoms with E-state index in [9.17, 15) is 0 Å². The Bertz CT molecular complexity index is 358. The van der Waals surface area contributed by atoms with Crippen LogP contribution in [0, 0.1) is 0 Å². The highest BCUT2D eigenvalue weighted by Gasteiger charge is 1.98. The number of hydrogen-bond acceptors (Lipinski definition) is 0. The third-order valence-electron chi connectivity index (χ3n) is 5.05. The van der Waals surface area contributed by atoms with Crippen LogP contribution in [0.15, 0.2) is 30.6 Å². The Morgan fingerprint density at radius 3 is 1.23 bits per heavy atom. The van der Waals surface area contributed by atoms with Gasteiger partial charge in [-0.2, -0.15) is 0 Å². The summed E-state index contributed by atoms with van der Waals surface area (Å²) in [6.07, 6.45) is 27.4. The minimum Gasteiger partial charge on any atom is -1.00 e. The number of aromatic nitrogens is 1. The van der Waals surface area contributed by atoms with Crippen molar-refractivity contribution in [3.8, 4) is 0 Å². The molecule has 0 radical (unpaired) electrons. The molecule has 0 aliphatic heterocycles. The molecule has 2 N–H and O–H groups in total. The van der Waals surface area contributed by atoms with Crippen molar-refractivity contribution in [1.29, 1.82) is 0 Å². The van der Waals surface area contributed by atoms with E-state index in [4.69, 9.17) is 0 Å². The van der Waals surface area contributed by atoms with Crippen molar-refractivity contribution in [2.24, 2.45) is 0 Å². The second kappa shape index (κ2) is 22.4. The van der Waals surface area contributed by atoms with Gasteiger partial charge in [-0.3, -0.25) is 0 Å². The molecule has 2 nitrogen and oxygen atoms in total. The molecule has 0 saturated heterocycles. The number of aryl methyl sites for hydroxylation is 1. The van der Waals surface area contributed by atoms with Crippen molar-refractivity contribution in [3.05, 3.63) is 30.6 Å². The van der Waals surface area contributed by atoms with E-state index in [0.29, 0.717) is 0 Å². The molecule has 1 rings (SSSR count). The molecule has 1 aromatic rings. The van der Waals surface area contributed by atoms with E-state index in [1.807, 2.05) is 0 Å². The lowest BCUT2D eigenvalue weighted by atomic mass is 10.0. The summed E-state index contributed by atoms with van der Waals surface area (Å²) in [5, 5.41) is 0. The van der Waals surface area contributed by atoms with Gasteiger partial charge in [0.15, 0.2) is 12.4 Å². The van der Waals surface area contributed by atoms with Gasteiger partial charge in [-0.15, -0.1) is 0 Å². The molecule has 0 amide bonds. The quantitative estimate of drug-likeness (QED) is 0.291. The van der Waals surface area contributed by atoms with Gasteiger partial charge in [0, 0.05) is 18.6 Å². The fourth-order valence-electron chi connectivity index (χ4n) is 3.43. The van der Waals surface area contributed by atoms with E-state index in [1.165, 1.54) is 109 Å². The second-order valence-electron chi connectivity index (χ2n) is 7.42. The van der Waals surface area contributed by atoms with E-state index in [2.05, 4.69) is 42.1 Å². The predicted molar refractivity (Wildman–Crippen MR) is 110 cm³/mol. The predicted octanol–water partition coefficient (Wildman–Crippen LogP) is 3.41. The number of nitrogens with zero attached hydrogens (tertiary/aromatic N) is 1. The third kappa shape index (κ3) is 18.2. The molecule has 0 unspecified atom stereocenters. The highest BCUT2D eigenvalue weighted by atomic mass is 35.5. The Labute approximate surface area is 169 Å². The lowest BCUT2D eigenvalue weighted by molar-refractivity contribution is -0.697. The summed E-state index contributed by atoms with van der Waals surface area (Å²) in [4.78, 5) is 0. The van der Waals surface area contributed by atoms with Crippen molar-refractivity contribution in [3.63, 3.8) is 0 Å². The normalized spacial score (nSPS) is 10.2. The van der Waals surface area contributed by atoms with Crippen LogP contribution in [-0.4, -0.2) is 5.48 Å². The Morgan fingerprint density at radius 2 is 0.846 bits per heavy atom. The van der Waals surface area contributed by atoms with Crippen LogP contribution in [0.4, 0.5) is 0 Å². The topological polar surface area (TPSA) is 35.4 Å². The zero-order valence-electron chi connectivity index (χ0n) is 17.2. The largest absolute Gasteiger partial charge is 1.00 e. The molecule has 0 bridgehead atoms. The van der Waals surface area contributed by atoms with Gasteiger partial charge in [-0.05, 0) is 6.42 Å². The minimum atomic E-state index is 0. The average molecular weight is 386 g/mol. The van der Waals surface area contributed by atoms with Gasteiger partial charge in [-0.25, -0.2) is 4.57 Å². The van der Waals surface area contributed by atoms with Crippen LogP contribution in [0.2, 0.25) is 0 Å². The minimum absolute atomic E-state index is 0. The lowest BCUT2D eigenvalue weighted by Crippen LogP contribution is -3.00. The molecule has 1 heterocycles. The molecule has 0 atom stereocenters. The maximum atomic E-state index is 2.30. The molecule has 3 heteroatoms. The molecular formula is C23H44ClNO. The van der Waals surface area contributed by atoms with E-state index in [-0.39, 0.29) is 17.9 Å². The highest BCUT2D eigenvalue weighted by molar-refractivity contribution is 4.83. The van der Waals surface area contributed by atoms with Gasteiger partial charge in [0.2, 0.25) is 0 Å². The lowest BCUT2D eigenvalue weighted by Gasteiger charge is -2.03. The van der Waals surface area contributed by atoms with Crippen LogP contribution < -0.4 is 17.0 Å². The zero-order valence-corrected chi connectivity index (χ0v) is 18.0. The molecule has 0 spiro atoms. The molecule has 26 heavy (non-hydrogen) atoms. The first-order valence-corrected chi connectivity index (χ1v) is 10.9. The molecule has 154 valence electrons. The Hall–Kier alpha value is -0.600. The van der Waals surface area contributed by atoms with E-state index < -0.39 is 0 Å². The highest BCUT2D eigenvalue weighted by Crippen LogP contribution is 2.13. The fourth-order valence-corrected chi connectivity index (χ4v) is 3.43. The molecule has 1 aromatic heterocycles. The van der Waals surface area contributed by atoms with Gasteiger partial charge in [0.25, 0.3) is 0 Å². The fraction of sp³-hybridized carbons (Fsp3) is 0.783. The van der Waals surface area contributed by atoms with Crippen molar-refractivity contribution in [1.82, 2.24) is 0 Å². The molecule has 0 aliphatic carbocycles. The van der Waals surface area contributed by atoms with Crippen LogP contribution in [-0.2, 0) is 6.54 Å². The van der Waals surface area contributed by atoms with Crippen molar-refractivity contribution in [2.45, 2.75) is 116 Å². The van der Waals surface area contributed by atoms with Crippen molar-refractivity contribution >= 4 is 0 Å². The first-order valence-electron chi connectivity index (χ1n) is 10.9. The Morgan fingerprint density at radius 1 is 0.500 bits per heavy atom. The van der Waals surface area contributed by atoms with Gasteiger partial charge >= 0.3 is 0 Å². The first-order chi connectivity index (χ1) is 11.9. The van der Waals surface area contributed by atoms with Crippen molar-refractivity contribution in [2.75, 3.05) is 0 Å². The number of hydrogen-bond donors (Lipinski definition) is 0. The van der Waals surface area contributed by atoms with Crippen LogP contribution in [0.25, 0.3) is 0 Å². The van der Waals surface area contributed by atoms with Crippen LogP contribution in [0.3, 0.4) is 0 Å². The molecule has 0 fully saturated rings. The van der Waals surface area contributed by atoms with Crippen LogP contribution in [0.1, 0.15) is 110 Å². The van der Waals surface area contributed by atoms with E-state index in [0.717, 1.165) is 0 Å². The first kappa shape index (κ1) is 27.6. The smallest absolute Gasteiger partial charge is 0.168 e. The van der Waals surface area contributed by atoms with Gasteiger partial charge < -0.3 is 17.9 Å². The number of pyridine rings is 1. The summed E-state index contributed by atoms with van der Waals surface area (Å²) in [5.74, 6) is 0. The SMILES string of the molecule is CCCCCCCCCCCCCCCCCC[n+]1ccccc1.O.[Cl-]. The number of rotatable bonds is 17. The Kier molecular flexibility index (Phi) is 23.8. The third-order valence-corrected chi connectivity index (χ3v) is 5.05. The van der Waals surface area contributed by atoms with Gasteiger partial charge in [-0.1, -0.05) is 103 Å². The number of halogens is 1. The van der Waals surface area contributed by atoms with Crippen LogP contribution in [0.5, 0.6) is 0 Å². The number of unbranched alkanes of at least 4 members (excludes halogenated alkanes) is 15. The van der Waals surface area contributed by atoms with Crippen molar-refractivity contribution < 1.29 is 22.5 Å². The van der Waals surface area contributed by atoms with E-state index >= 15 is 0 Å². The maximum absolute atomic E-state index is 2.30.